The number of carbonyl (C=O) groups is 2. The van der Waals surface area contributed by atoms with Crippen molar-refractivity contribution in [1.82, 2.24) is 20.2 Å². The number of unbranched alkanes of at least 4 members (excludes halogenated alkanes) is 2. The predicted octanol–water partition coefficient (Wildman–Crippen LogP) is -0.130. The number of fused-ring (bicyclic) bond motifs is 1. The molecule has 2 aliphatic heterocycles. The first kappa shape index (κ1) is 20.1. The molecule has 2 aliphatic rings. The molecule has 3 heterocycles. The summed E-state index contributed by atoms with van der Waals surface area (Å²) in [7, 11) is 0. The molecule has 1 fully saturated rings. The Kier molecular flexibility index (Phi) is 6.18. The lowest BCUT2D eigenvalue weighted by molar-refractivity contribution is -0.133. The van der Waals surface area contributed by atoms with Crippen LogP contribution in [0.1, 0.15) is 38.2 Å². The highest BCUT2D eigenvalue weighted by atomic mass is 16.6. The third-order valence-corrected chi connectivity index (χ3v) is 4.97. The van der Waals surface area contributed by atoms with Crippen LogP contribution in [-0.4, -0.2) is 65.1 Å². The zero-order chi connectivity index (χ0) is 20.1. The van der Waals surface area contributed by atoms with Crippen LogP contribution in [-0.2, 0) is 20.7 Å². The smallest absolute Gasteiger partial charge is 0.225 e. The molecule has 0 aliphatic carbocycles. The molecule has 0 aromatic carbocycles. The number of hydrogen-bond acceptors (Lipinski definition) is 8. The Labute approximate surface area is 164 Å². The third-order valence-electron chi connectivity index (χ3n) is 4.97. The van der Waals surface area contributed by atoms with Gasteiger partial charge in [-0.25, -0.2) is 0 Å². The monoisotopic (exact) mass is 392 g/mol. The molecule has 0 radical (unpaired) electrons. The Morgan fingerprint density at radius 2 is 2.07 bits per heavy atom. The number of nitrogens with two attached hydrogens (primary N) is 2. The lowest BCUT2D eigenvalue weighted by Gasteiger charge is -2.31. The Morgan fingerprint density at radius 3 is 2.86 bits per heavy atom. The zero-order valence-corrected chi connectivity index (χ0v) is 16.2. The number of nitrogens with one attached hydrogen (secondary N) is 1. The van der Waals surface area contributed by atoms with E-state index in [-0.39, 0.29) is 17.8 Å². The highest BCUT2D eigenvalue weighted by Crippen LogP contribution is 2.38. The van der Waals surface area contributed by atoms with Crippen molar-refractivity contribution in [3.63, 3.8) is 0 Å². The number of carbonyl (C=O) groups excluding carboxylic acids is 2. The summed E-state index contributed by atoms with van der Waals surface area (Å²) in [5, 5.41) is 2.76. The highest BCUT2D eigenvalue weighted by Gasteiger charge is 2.45. The molecule has 1 aromatic rings. The molecule has 1 atom stereocenters. The standard InChI is InChI=1S/C18H28N6O4/c1-12(25)21-6-4-2-3-5-14(26)24-7-8-27-11-18(10-24)9-13-15(19)22-17(20)23-16(13)28-18/h2-11H2,1H3,(H,21,25)(H4,19,20,22,23)/t18-/m0/s1. The van der Waals surface area contributed by atoms with Gasteiger partial charge in [0.2, 0.25) is 23.6 Å². The molecule has 2 amide bonds. The Bertz CT molecular complexity index is 743. The van der Waals surface area contributed by atoms with E-state index in [1.54, 1.807) is 4.90 Å². The molecule has 0 bridgehead atoms. The van der Waals surface area contributed by atoms with Gasteiger partial charge in [0.25, 0.3) is 0 Å². The van der Waals surface area contributed by atoms with E-state index in [1.165, 1.54) is 6.92 Å². The summed E-state index contributed by atoms with van der Waals surface area (Å²) in [5.74, 6) is 0.787. The molecule has 0 unspecified atom stereocenters. The Balaban J connectivity index is 1.55. The topological polar surface area (TPSA) is 146 Å². The number of nitrogen functional groups attached to an aromatic ring is 2. The van der Waals surface area contributed by atoms with E-state index in [9.17, 15) is 9.59 Å². The van der Waals surface area contributed by atoms with Gasteiger partial charge in [0.1, 0.15) is 5.82 Å². The van der Waals surface area contributed by atoms with Crippen molar-refractivity contribution in [3.8, 4) is 5.88 Å². The number of anilines is 2. The van der Waals surface area contributed by atoms with Gasteiger partial charge in [0.15, 0.2) is 5.60 Å². The van der Waals surface area contributed by atoms with Gasteiger partial charge in [0, 0.05) is 32.9 Å². The molecule has 0 saturated carbocycles. The molecule has 5 N–H and O–H groups in total. The summed E-state index contributed by atoms with van der Waals surface area (Å²) in [6, 6.07) is 0. The van der Waals surface area contributed by atoms with Crippen molar-refractivity contribution in [2.24, 2.45) is 0 Å². The number of rotatable bonds is 6. The van der Waals surface area contributed by atoms with E-state index in [1.807, 2.05) is 0 Å². The zero-order valence-electron chi connectivity index (χ0n) is 16.2. The van der Waals surface area contributed by atoms with E-state index in [0.29, 0.717) is 63.0 Å². The van der Waals surface area contributed by atoms with E-state index in [0.717, 1.165) is 19.3 Å². The lowest BCUT2D eigenvalue weighted by atomic mass is 9.97. The maximum atomic E-state index is 12.7. The molecule has 10 heteroatoms. The molecule has 28 heavy (non-hydrogen) atoms. The minimum absolute atomic E-state index is 0.0319. The van der Waals surface area contributed by atoms with Gasteiger partial charge >= 0.3 is 0 Å². The third kappa shape index (κ3) is 4.80. The molecular weight excluding hydrogens is 364 g/mol. The van der Waals surface area contributed by atoms with Crippen LogP contribution in [0.3, 0.4) is 0 Å². The molecule has 3 rings (SSSR count). The van der Waals surface area contributed by atoms with E-state index < -0.39 is 5.60 Å². The van der Waals surface area contributed by atoms with Gasteiger partial charge in [-0.1, -0.05) is 6.42 Å². The van der Waals surface area contributed by atoms with Crippen LogP contribution in [0, 0.1) is 0 Å². The Hall–Kier alpha value is -2.62. The predicted molar refractivity (Wildman–Crippen MR) is 102 cm³/mol. The van der Waals surface area contributed by atoms with Crippen LogP contribution in [0.4, 0.5) is 11.8 Å². The van der Waals surface area contributed by atoms with Crippen LogP contribution >= 0.6 is 0 Å². The van der Waals surface area contributed by atoms with Gasteiger partial charge in [-0.2, -0.15) is 9.97 Å². The lowest BCUT2D eigenvalue weighted by Crippen LogP contribution is -2.49. The maximum Gasteiger partial charge on any atom is 0.225 e. The van der Waals surface area contributed by atoms with Crippen molar-refractivity contribution >= 4 is 23.6 Å². The first-order valence-electron chi connectivity index (χ1n) is 9.59. The minimum atomic E-state index is -0.712. The van der Waals surface area contributed by atoms with E-state index >= 15 is 0 Å². The maximum absolute atomic E-state index is 12.7. The summed E-state index contributed by atoms with van der Waals surface area (Å²) in [4.78, 5) is 33.5. The quantitative estimate of drug-likeness (QED) is 0.568. The van der Waals surface area contributed by atoms with Crippen molar-refractivity contribution in [3.05, 3.63) is 5.56 Å². The average Bonchev–Trinajstić information content (AvgIpc) is 2.85. The van der Waals surface area contributed by atoms with E-state index in [2.05, 4.69) is 15.3 Å². The van der Waals surface area contributed by atoms with Crippen molar-refractivity contribution < 1.29 is 19.1 Å². The Morgan fingerprint density at radius 1 is 1.25 bits per heavy atom. The van der Waals surface area contributed by atoms with Crippen LogP contribution in [0.5, 0.6) is 5.88 Å². The van der Waals surface area contributed by atoms with Gasteiger partial charge < -0.3 is 31.2 Å². The number of ether oxygens (including phenoxy) is 2. The molecule has 1 spiro atoms. The average molecular weight is 392 g/mol. The SMILES string of the molecule is CC(=O)NCCCCCC(=O)N1CCOC[C@]2(Cc3c(N)nc(N)nc3O2)C1. The molecule has 1 aromatic heterocycles. The molecule has 1 saturated heterocycles. The van der Waals surface area contributed by atoms with Gasteiger partial charge in [0.05, 0.1) is 25.3 Å². The normalized spacial score (nSPS) is 21.1. The molecule has 10 nitrogen and oxygen atoms in total. The number of nitrogens with zero attached hydrogens (tertiary/aromatic N) is 3. The van der Waals surface area contributed by atoms with Crippen LogP contribution in [0.15, 0.2) is 0 Å². The highest BCUT2D eigenvalue weighted by molar-refractivity contribution is 5.76. The van der Waals surface area contributed by atoms with Gasteiger partial charge in [-0.3, -0.25) is 9.59 Å². The van der Waals surface area contributed by atoms with Crippen molar-refractivity contribution in [2.45, 2.75) is 44.6 Å². The molecule has 154 valence electrons. The van der Waals surface area contributed by atoms with Crippen molar-refractivity contribution in [1.29, 1.82) is 0 Å². The van der Waals surface area contributed by atoms with Crippen LogP contribution < -0.4 is 21.5 Å². The fraction of sp³-hybridized carbons (Fsp3) is 0.667. The second-order valence-corrected chi connectivity index (χ2v) is 7.37. The largest absolute Gasteiger partial charge is 0.466 e. The second kappa shape index (κ2) is 8.59. The number of aromatic nitrogens is 2. The first-order valence-corrected chi connectivity index (χ1v) is 9.59. The molecular formula is C18H28N6O4. The fourth-order valence-electron chi connectivity index (χ4n) is 3.60. The van der Waals surface area contributed by atoms with E-state index in [4.69, 9.17) is 20.9 Å². The van der Waals surface area contributed by atoms with Crippen LogP contribution in [0.25, 0.3) is 0 Å². The second-order valence-electron chi connectivity index (χ2n) is 7.37. The van der Waals surface area contributed by atoms with Crippen molar-refractivity contribution in [2.75, 3.05) is 44.3 Å². The summed E-state index contributed by atoms with van der Waals surface area (Å²) >= 11 is 0. The summed E-state index contributed by atoms with van der Waals surface area (Å²) in [5.41, 5.74) is 11.6. The fourth-order valence-corrected chi connectivity index (χ4v) is 3.60. The number of hydrogen-bond donors (Lipinski definition) is 3. The number of amides is 2. The summed E-state index contributed by atoms with van der Waals surface area (Å²) in [6.45, 7) is 3.88. The van der Waals surface area contributed by atoms with Crippen LogP contribution in [0.2, 0.25) is 0 Å². The first-order chi connectivity index (χ1) is 13.4. The summed E-state index contributed by atoms with van der Waals surface area (Å²) < 4.78 is 11.8. The summed E-state index contributed by atoms with van der Waals surface area (Å²) in [6.07, 6.45) is 3.46. The van der Waals surface area contributed by atoms with Gasteiger partial charge in [-0.15, -0.1) is 0 Å². The minimum Gasteiger partial charge on any atom is -0.466 e. The van der Waals surface area contributed by atoms with Gasteiger partial charge in [-0.05, 0) is 12.8 Å².